The molecule has 2 aliphatic rings. The van der Waals surface area contributed by atoms with Crippen molar-refractivity contribution >= 4 is 11.9 Å². The van der Waals surface area contributed by atoms with Crippen LogP contribution in [-0.2, 0) is 9.53 Å². The summed E-state index contributed by atoms with van der Waals surface area (Å²) in [5, 5.41) is 3.49. The first kappa shape index (κ1) is 20.0. The molecule has 0 aliphatic carbocycles. The first-order valence-corrected chi connectivity index (χ1v) is 9.78. The van der Waals surface area contributed by atoms with Crippen LogP contribution in [-0.4, -0.2) is 74.7 Å². The first-order valence-electron chi connectivity index (χ1n) is 9.78. The fourth-order valence-corrected chi connectivity index (χ4v) is 3.87. The van der Waals surface area contributed by atoms with Crippen molar-refractivity contribution in [3.05, 3.63) is 0 Å². The molecule has 2 saturated heterocycles. The summed E-state index contributed by atoms with van der Waals surface area (Å²) in [5.74, 6) is 0.900. The van der Waals surface area contributed by atoms with Gasteiger partial charge in [-0.2, -0.15) is 0 Å². The van der Waals surface area contributed by atoms with E-state index in [0.29, 0.717) is 5.41 Å². The molecule has 25 heavy (non-hydrogen) atoms. The number of hydrogen-bond acceptors (Lipinski definition) is 3. The largest absolute Gasteiger partial charge is 0.376 e. The number of carbonyl (C=O) groups is 1. The molecule has 2 atom stereocenters. The van der Waals surface area contributed by atoms with Crippen molar-refractivity contribution in [2.75, 3.05) is 46.9 Å². The Bertz CT molecular complexity index is 456. The Morgan fingerprint density at radius 1 is 1.40 bits per heavy atom. The molecule has 0 bridgehead atoms. The van der Waals surface area contributed by atoms with Gasteiger partial charge in [-0.1, -0.05) is 20.3 Å². The summed E-state index contributed by atoms with van der Waals surface area (Å²) in [6.07, 6.45) is 7.40. The molecule has 0 saturated carbocycles. The van der Waals surface area contributed by atoms with E-state index in [9.17, 15) is 4.79 Å². The van der Waals surface area contributed by atoms with Crippen molar-refractivity contribution in [3.63, 3.8) is 0 Å². The van der Waals surface area contributed by atoms with Gasteiger partial charge in [-0.15, -0.1) is 0 Å². The number of nitrogens with zero attached hydrogens (tertiary/aromatic N) is 3. The van der Waals surface area contributed by atoms with Gasteiger partial charge >= 0.3 is 0 Å². The maximum Gasteiger partial charge on any atom is 0.243 e. The number of nitrogens with one attached hydrogen (secondary N) is 1. The highest BCUT2D eigenvalue weighted by atomic mass is 16.5. The van der Waals surface area contributed by atoms with Gasteiger partial charge in [0.1, 0.15) is 6.54 Å². The average molecular weight is 353 g/mol. The molecule has 0 aromatic carbocycles. The van der Waals surface area contributed by atoms with E-state index < -0.39 is 0 Å². The van der Waals surface area contributed by atoms with Gasteiger partial charge in [0.15, 0.2) is 5.96 Å². The molecule has 144 valence electrons. The lowest BCUT2D eigenvalue weighted by atomic mass is 9.78. The molecule has 0 radical (unpaired) electrons. The van der Waals surface area contributed by atoms with Crippen LogP contribution < -0.4 is 5.32 Å². The van der Waals surface area contributed by atoms with Crippen LogP contribution in [0.5, 0.6) is 0 Å². The van der Waals surface area contributed by atoms with Crippen LogP contribution in [0.3, 0.4) is 0 Å². The number of guanidine groups is 1. The predicted molar refractivity (Wildman–Crippen MR) is 102 cm³/mol. The summed E-state index contributed by atoms with van der Waals surface area (Å²) in [7, 11) is 3.55. The van der Waals surface area contributed by atoms with Crippen LogP contribution >= 0.6 is 0 Å². The minimum atomic E-state index is 0.0322. The van der Waals surface area contributed by atoms with Crippen molar-refractivity contribution in [2.45, 2.75) is 58.5 Å². The third-order valence-electron chi connectivity index (χ3n) is 5.31. The third-order valence-corrected chi connectivity index (χ3v) is 5.31. The summed E-state index contributed by atoms with van der Waals surface area (Å²) in [4.78, 5) is 20.5. The van der Waals surface area contributed by atoms with Crippen LogP contribution in [0.25, 0.3) is 0 Å². The monoisotopic (exact) mass is 352 g/mol. The number of rotatable bonds is 6. The molecule has 0 aromatic rings. The molecule has 6 nitrogen and oxygen atoms in total. The third kappa shape index (κ3) is 6.17. The van der Waals surface area contributed by atoms with E-state index in [4.69, 9.17) is 4.74 Å². The fourth-order valence-electron chi connectivity index (χ4n) is 3.87. The van der Waals surface area contributed by atoms with E-state index in [2.05, 4.69) is 29.1 Å². The highest BCUT2D eigenvalue weighted by molar-refractivity contribution is 5.85. The Labute approximate surface area is 153 Å². The average Bonchev–Trinajstić information content (AvgIpc) is 3.08. The standard InChI is InChI=1S/C19H36N4O2/c1-5-9-19(2)10-7-11-23(15-19)18(21-14-17(24)22(3)4)20-13-16-8-6-12-25-16/h16H,5-15H2,1-4H3,(H,20,21). The SMILES string of the molecule is CCCC1(C)CCCN(C(=NCC(=O)N(C)C)NCC2CCCO2)C1. The highest BCUT2D eigenvalue weighted by Gasteiger charge is 2.32. The minimum absolute atomic E-state index is 0.0322. The normalized spacial score (nSPS) is 27.4. The zero-order chi connectivity index (χ0) is 18.3. The van der Waals surface area contributed by atoms with E-state index in [-0.39, 0.29) is 18.6 Å². The number of carbonyl (C=O) groups excluding carboxylic acids is 1. The second kappa shape index (κ2) is 9.41. The lowest BCUT2D eigenvalue weighted by Crippen LogP contribution is -2.51. The van der Waals surface area contributed by atoms with Gasteiger partial charge in [0.25, 0.3) is 0 Å². The van der Waals surface area contributed by atoms with Crippen LogP contribution in [0.4, 0.5) is 0 Å². The van der Waals surface area contributed by atoms with E-state index in [1.165, 1.54) is 25.7 Å². The second-order valence-corrected chi connectivity index (χ2v) is 8.03. The van der Waals surface area contributed by atoms with Gasteiger partial charge in [0.05, 0.1) is 6.10 Å². The van der Waals surface area contributed by atoms with Crippen molar-refractivity contribution < 1.29 is 9.53 Å². The van der Waals surface area contributed by atoms with Crippen LogP contribution in [0, 0.1) is 5.41 Å². The zero-order valence-electron chi connectivity index (χ0n) is 16.5. The maximum absolute atomic E-state index is 12.0. The number of aliphatic imine (C=N–C) groups is 1. The van der Waals surface area contributed by atoms with E-state index in [0.717, 1.165) is 45.0 Å². The predicted octanol–water partition coefficient (Wildman–Crippen LogP) is 2.10. The molecule has 0 aromatic heterocycles. The summed E-state index contributed by atoms with van der Waals surface area (Å²) in [6.45, 7) is 8.48. The smallest absolute Gasteiger partial charge is 0.243 e. The zero-order valence-corrected chi connectivity index (χ0v) is 16.5. The number of ether oxygens (including phenoxy) is 1. The van der Waals surface area contributed by atoms with Crippen molar-refractivity contribution in [1.29, 1.82) is 0 Å². The number of hydrogen-bond donors (Lipinski definition) is 1. The Hall–Kier alpha value is -1.30. The fraction of sp³-hybridized carbons (Fsp3) is 0.895. The molecular formula is C19H36N4O2. The van der Waals surface area contributed by atoms with Gasteiger partial charge in [-0.05, 0) is 37.5 Å². The quantitative estimate of drug-likeness (QED) is 0.587. The topological polar surface area (TPSA) is 57.2 Å². The summed E-state index contributed by atoms with van der Waals surface area (Å²) in [6, 6.07) is 0. The van der Waals surface area contributed by atoms with Crippen LogP contribution in [0.15, 0.2) is 4.99 Å². The Morgan fingerprint density at radius 3 is 2.84 bits per heavy atom. The van der Waals surface area contributed by atoms with Gasteiger partial charge < -0.3 is 19.9 Å². The lowest BCUT2D eigenvalue weighted by molar-refractivity contribution is -0.127. The van der Waals surface area contributed by atoms with E-state index in [1.807, 2.05) is 0 Å². The molecule has 2 heterocycles. The Morgan fingerprint density at radius 2 is 2.20 bits per heavy atom. The molecule has 1 amide bonds. The molecule has 6 heteroatoms. The molecule has 2 unspecified atom stereocenters. The summed E-state index contributed by atoms with van der Waals surface area (Å²) < 4.78 is 5.72. The lowest BCUT2D eigenvalue weighted by Gasteiger charge is -2.42. The van der Waals surface area contributed by atoms with Gasteiger partial charge in [-0.3, -0.25) is 4.79 Å². The van der Waals surface area contributed by atoms with Crippen molar-refractivity contribution in [1.82, 2.24) is 15.1 Å². The number of amides is 1. The summed E-state index contributed by atoms with van der Waals surface area (Å²) in [5.41, 5.74) is 0.338. The van der Waals surface area contributed by atoms with E-state index in [1.54, 1.807) is 19.0 Å². The number of likely N-dealkylation sites (tertiary alicyclic amines) is 1. The summed E-state index contributed by atoms with van der Waals surface area (Å²) >= 11 is 0. The minimum Gasteiger partial charge on any atom is -0.376 e. The van der Waals surface area contributed by atoms with Gasteiger partial charge in [0, 0.05) is 40.3 Å². The Balaban J connectivity index is 2.03. The van der Waals surface area contributed by atoms with Gasteiger partial charge in [-0.25, -0.2) is 4.99 Å². The molecule has 1 N–H and O–H groups in total. The van der Waals surface area contributed by atoms with E-state index >= 15 is 0 Å². The Kier molecular flexibility index (Phi) is 7.54. The second-order valence-electron chi connectivity index (χ2n) is 8.03. The first-order chi connectivity index (χ1) is 11.9. The molecule has 2 aliphatic heterocycles. The van der Waals surface area contributed by atoms with Crippen molar-refractivity contribution in [2.24, 2.45) is 10.4 Å². The van der Waals surface area contributed by atoms with Crippen molar-refractivity contribution in [3.8, 4) is 0 Å². The number of likely N-dealkylation sites (N-methyl/N-ethyl adjacent to an activating group) is 1. The molecule has 2 fully saturated rings. The molecule has 0 spiro atoms. The highest BCUT2D eigenvalue weighted by Crippen LogP contribution is 2.33. The number of piperidine rings is 1. The van der Waals surface area contributed by atoms with Crippen LogP contribution in [0.1, 0.15) is 52.4 Å². The van der Waals surface area contributed by atoms with Gasteiger partial charge in [0.2, 0.25) is 5.91 Å². The van der Waals surface area contributed by atoms with Crippen LogP contribution in [0.2, 0.25) is 0 Å². The molecular weight excluding hydrogens is 316 g/mol. The molecule has 2 rings (SSSR count). The maximum atomic E-state index is 12.0.